The van der Waals surface area contributed by atoms with E-state index in [9.17, 15) is 18.3 Å². The minimum atomic E-state index is -3.54. The third-order valence-corrected chi connectivity index (χ3v) is 7.86. The van der Waals surface area contributed by atoms with E-state index in [1.165, 1.54) is 15.6 Å². The summed E-state index contributed by atoms with van der Waals surface area (Å²) in [6.07, 6.45) is 2.27. The number of rotatable bonds is 3. The van der Waals surface area contributed by atoms with E-state index in [2.05, 4.69) is 0 Å². The van der Waals surface area contributed by atoms with Crippen LogP contribution in [0.3, 0.4) is 0 Å². The third-order valence-electron chi connectivity index (χ3n) is 4.58. The van der Waals surface area contributed by atoms with Crippen molar-refractivity contribution in [1.82, 2.24) is 4.31 Å². The van der Waals surface area contributed by atoms with Crippen LogP contribution in [0.4, 0.5) is 0 Å². The fourth-order valence-electron chi connectivity index (χ4n) is 3.45. The van der Waals surface area contributed by atoms with Crippen LogP contribution in [0.25, 0.3) is 0 Å². The molecule has 1 aliphatic carbocycles. The number of thiophene rings is 1. The molecule has 0 radical (unpaired) electrons. The zero-order valence-electron chi connectivity index (χ0n) is 11.2. The maximum atomic E-state index is 12.6. The molecule has 2 aliphatic rings. The van der Waals surface area contributed by atoms with Crippen molar-refractivity contribution in [1.29, 1.82) is 0 Å². The summed E-state index contributed by atoms with van der Waals surface area (Å²) in [5, 5.41) is 9.51. The third kappa shape index (κ3) is 1.91. The number of aliphatic carboxylic acids is 1. The minimum Gasteiger partial charge on any atom is -0.481 e. The van der Waals surface area contributed by atoms with Gasteiger partial charge in [0.2, 0.25) is 0 Å². The second kappa shape index (κ2) is 4.54. The first-order valence-electron chi connectivity index (χ1n) is 6.66. The Morgan fingerprint density at radius 1 is 1.50 bits per heavy atom. The molecule has 2 heterocycles. The highest BCUT2D eigenvalue weighted by molar-refractivity contribution is 7.91. The van der Waals surface area contributed by atoms with E-state index in [4.69, 9.17) is 0 Å². The van der Waals surface area contributed by atoms with Crippen LogP contribution >= 0.6 is 11.3 Å². The van der Waals surface area contributed by atoms with Gasteiger partial charge in [0.15, 0.2) is 0 Å². The van der Waals surface area contributed by atoms with Gasteiger partial charge in [-0.1, -0.05) is 6.42 Å². The lowest BCUT2D eigenvalue weighted by Crippen LogP contribution is -2.37. The summed E-state index contributed by atoms with van der Waals surface area (Å²) in [7, 11) is -3.54. The molecule has 1 aromatic heterocycles. The summed E-state index contributed by atoms with van der Waals surface area (Å²) in [6, 6.07) is 3.39. The Hall–Kier alpha value is -0.920. The van der Waals surface area contributed by atoms with Gasteiger partial charge in [-0.3, -0.25) is 4.79 Å². The molecule has 5 nitrogen and oxygen atoms in total. The average Bonchev–Trinajstić information content (AvgIpc) is 3.00. The van der Waals surface area contributed by atoms with Crippen molar-refractivity contribution >= 4 is 27.3 Å². The monoisotopic (exact) mass is 315 g/mol. The average molecular weight is 315 g/mol. The van der Waals surface area contributed by atoms with Gasteiger partial charge in [-0.05, 0) is 37.8 Å². The molecule has 2 atom stereocenters. The van der Waals surface area contributed by atoms with E-state index in [1.54, 1.807) is 12.1 Å². The predicted octanol–water partition coefficient (Wildman–Crippen LogP) is 1.93. The Kier molecular flexibility index (Phi) is 3.19. The van der Waals surface area contributed by atoms with Crippen LogP contribution in [-0.2, 0) is 14.8 Å². The van der Waals surface area contributed by atoms with Crippen molar-refractivity contribution in [2.75, 3.05) is 13.1 Å². The van der Waals surface area contributed by atoms with Crippen molar-refractivity contribution < 1.29 is 18.3 Å². The minimum absolute atomic E-state index is 0.0455. The molecular formula is C13H17NO4S2. The zero-order valence-corrected chi connectivity index (χ0v) is 12.8. The molecule has 20 heavy (non-hydrogen) atoms. The highest BCUT2D eigenvalue weighted by atomic mass is 32.2. The quantitative estimate of drug-likeness (QED) is 0.925. The SMILES string of the molecule is Cc1ccc(S(=O)(=O)N2C[C@@H]3CCC[C@@]3(C(=O)O)C2)s1. The summed E-state index contributed by atoms with van der Waals surface area (Å²) in [5.41, 5.74) is -0.862. The van der Waals surface area contributed by atoms with E-state index in [-0.39, 0.29) is 12.5 Å². The summed E-state index contributed by atoms with van der Waals surface area (Å²) in [5.74, 6) is -0.893. The highest BCUT2D eigenvalue weighted by Gasteiger charge is 2.57. The van der Waals surface area contributed by atoms with Crippen molar-refractivity contribution in [3.63, 3.8) is 0 Å². The molecule has 0 unspecified atom stereocenters. The number of hydrogen-bond acceptors (Lipinski definition) is 4. The Labute approximate surface area is 122 Å². The van der Waals surface area contributed by atoms with Crippen LogP contribution in [-0.4, -0.2) is 36.9 Å². The lowest BCUT2D eigenvalue weighted by Gasteiger charge is -2.23. The number of carboxylic acids is 1. The number of hydrogen-bond donors (Lipinski definition) is 1. The largest absolute Gasteiger partial charge is 0.481 e. The Bertz CT molecular complexity index is 651. The number of fused-ring (bicyclic) bond motifs is 1. The second-order valence-electron chi connectivity index (χ2n) is 5.71. The first kappa shape index (κ1) is 14.0. The van der Waals surface area contributed by atoms with E-state index in [1.807, 2.05) is 6.92 Å². The first-order chi connectivity index (χ1) is 9.36. The highest BCUT2D eigenvalue weighted by Crippen LogP contribution is 2.50. The predicted molar refractivity (Wildman–Crippen MR) is 75.2 cm³/mol. The fraction of sp³-hybridized carbons (Fsp3) is 0.615. The van der Waals surface area contributed by atoms with Gasteiger partial charge in [-0.15, -0.1) is 11.3 Å². The number of nitrogens with zero attached hydrogens (tertiary/aromatic N) is 1. The molecule has 1 saturated heterocycles. The van der Waals surface area contributed by atoms with E-state index in [0.717, 1.165) is 17.7 Å². The topological polar surface area (TPSA) is 74.7 Å². The Balaban J connectivity index is 1.92. The van der Waals surface area contributed by atoms with E-state index in [0.29, 0.717) is 17.2 Å². The van der Waals surface area contributed by atoms with Crippen molar-refractivity contribution in [2.45, 2.75) is 30.4 Å². The normalized spacial score (nSPS) is 30.6. The molecule has 0 aromatic carbocycles. The molecule has 1 saturated carbocycles. The van der Waals surface area contributed by atoms with Crippen LogP contribution < -0.4 is 0 Å². The molecule has 1 N–H and O–H groups in total. The zero-order chi connectivity index (χ0) is 14.5. The number of aryl methyl sites for hydroxylation is 1. The molecule has 0 bridgehead atoms. The number of carboxylic acid groups (broad SMARTS) is 1. The maximum absolute atomic E-state index is 12.6. The van der Waals surface area contributed by atoms with Gasteiger partial charge in [0, 0.05) is 18.0 Å². The van der Waals surface area contributed by atoms with Crippen LogP contribution in [0.2, 0.25) is 0 Å². The van der Waals surface area contributed by atoms with Crippen molar-refractivity contribution in [3.05, 3.63) is 17.0 Å². The fourth-order valence-corrected chi connectivity index (χ4v) is 6.45. The Morgan fingerprint density at radius 2 is 2.25 bits per heavy atom. The van der Waals surface area contributed by atoms with Gasteiger partial charge in [0.05, 0.1) is 5.41 Å². The molecule has 0 spiro atoms. The lowest BCUT2D eigenvalue weighted by molar-refractivity contribution is -0.149. The molecule has 3 rings (SSSR count). The first-order valence-corrected chi connectivity index (χ1v) is 8.92. The van der Waals surface area contributed by atoms with Crippen LogP contribution in [0.15, 0.2) is 16.3 Å². The Morgan fingerprint density at radius 3 is 2.80 bits per heavy atom. The van der Waals surface area contributed by atoms with Crippen LogP contribution in [0, 0.1) is 18.3 Å². The van der Waals surface area contributed by atoms with Gasteiger partial charge in [-0.2, -0.15) is 4.31 Å². The summed E-state index contributed by atoms with van der Waals surface area (Å²) in [4.78, 5) is 12.5. The van der Waals surface area contributed by atoms with E-state index < -0.39 is 21.4 Å². The molecule has 1 aromatic rings. The van der Waals surface area contributed by atoms with Crippen LogP contribution in [0.5, 0.6) is 0 Å². The molecule has 2 fully saturated rings. The molecular weight excluding hydrogens is 298 g/mol. The van der Waals surface area contributed by atoms with Crippen LogP contribution in [0.1, 0.15) is 24.1 Å². The lowest BCUT2D eigenvalue weighted by atomic mass is 9.81. The second-order valence-corrected chi connectivity index (χ2v) is 9.17. The summed E-state index contributed by atoms with van der Waals surface area (Å²) >= 11 is 1.24. The van der Waals surface area contributed by atoms with Gasteiger partial charge in [0.25, 0.3) is 10.0 Å². The summed E-state index contributed by atoms with van der Waals surface area (Å²) < 4.78 is 26.9. The number of carbonyl (C=O) groups is 1. The molecule has 110 valence electrons. The van der Waals surface area contributed by atoms with Gasteiger partial charge in [0.1, 0.15) is 4.21 Å². The smallest absolute Gasteiger partial charge is 0.311 e. The van der Waals surface area contributed by atoms with Gasteiger partial charge >= 0.3 is 5.97 Å². The molecule has 7 heteroatoms. The van der Waals surface area contributed by atoms with Gasteiger partial charge in [-0.25, -0.2) is 8.42 Å². The van der Waals surface area contributed by atoms with E-state index >= 15 is 0 Å². The standard InChI is InChI=1S/C13H17NO4S2/c1-9-4-5-11(19-9)20(17,18)14-7-10-3-2-6-13(10,8-14)12(15)16/h4-5,10H,2-3,6-8H2,1H3,(H,15,16)/t10-,13+/m0/s1. The van der Waals surface area contributed by atoms with Gasteiger partial charge < -0.3 is 5.11 Å². The van der Waals surface area contributed by atoms with Crippen molar-refractivity contribution in [3.8, 4) is 0 Å². The maximum Gasteiger partial charge on any atom is 0.311 e. The molecule has 0 amide bonds. The van der Waals surface area contributed by atoms with Crippen molar-refractivity contribution in [2.24, 2.45) is 11.3 Å². The molecule has 1 aliphatic heterocycles. The number of sulfonamides is 1. The summed E-state index contributed by atoms with van der Waals surface area (Å²) in [6.45, 7) is 2.32.